The first-order valence-electron chi connectivity index (χ1n) is 9.49. The van der Waals surface area contributed by atoms with Crippen molar-refractivity contribution in [3.63, 3.8) is 0 Å². The summed E-state index contributed by atoms with van der Waals surface area (Å²) >= 11 is 0. The zero-order valence-corrected chi connectivity index (χ0v) is 14.7. The van der Waals surface area contributed by atoms with Gasteiger partial charge in [-0.25, -0.2) is 18.7 Å². The highest BCUT2D eigenvalue weighted by molar-refractivity contribution is 5.38. The van der Waals surface area contributed by atoms with E-state index in [0.29, 0.717) is 18.2 Å². The summed E-state index contributed by atoms with van der Waals surface area (Å²) in [4.78, 5) is 14.1. The van der Waals surface area contributed by atoms with Gasteiger partial charge in [-0.05, 0) is 43.4 Å². The molecule has 0 saturated carbocycles. The summed E-state index contributed by atoms with van der Waals surface area (Å²) in [6, 6.07) is 4.44. The smallest absolute Gasteiger partial charge is 0.225 e. The van der Waals surface area contributed by atoms with Crippen LogP contribution in [0, 0.1) is 11.6 Å². The van der Waals surface area contributed by atoms with Crippen molar-refractivity contribution in [1.82, 2.24) is 14.9 Å². The first-order valence-corrected chi connectivity index (χ1v) is 9.49. The first-order chi connectivity index (χ1) is 12.7. The Morgan fingerprint density at radius 3 is 2.58 bits per heavy atom. The van der Waals surface area contributed by atoms with Gasteiger partial charge in [-0.3, -0.25) is 4.90 Å². The van der Waals surface area contributed by atoms with Crippen LogP contribution in [0.1, 0.15) is 48.5 Å². The Labute approximate surface area is 151 Å². The van der Waals surface area contributed by atoms with E-state index in [9.17, 15) is 8.78 Å². The van der Waals surface area contributed by atoms with E-state index in [2.05, 4.69) is 14.8 Å². The predicted molar refractivity (Wildman–Crippen MR) is 94.8 cm³/mol. The molecular formula is C20H22F2N4. The molecule has 0 amide bonds. The topological polar surface area (TPSA) is 32.3 Å². The molecule has 6 heteroatoms. The lowest BCUT2D eigenvalue weighted by Gasteiger charge is -2.36. The summed E-state index contributed by atoms with van der Waals surface area (Å²) in [5.74, 6) is -0.159. The molecule has 0 radical (unpaired) electrons. The number of benzene rings is 1. The molecule has 4 nitrogen and oxygen atoms in total. The molecule has 2 saturated heterocycles. The Balaban J connectivity index is 1.42. The molecule has 1 aromatic carbocycles. The molecule has 2 fully saturated rings. The van der Waals surface area contributed by atoms with Gasteiger partial charge in [0.1, 0.15) is 11.6 Å². The second-order valence-electron chi connectivity index (χ2n) is 7.67. The largest absolute Gasteiger partial charge is 0.341 e. The summed E-state index contributed by atoms with van der Waals surface area (Å²) in [5, 5.41) is 0. The predicted octanol–water partition coefficient (Wildman–Crippen LogP) is 3.62. The van der Waals surface area contributed by atoms with Gasteiger partial charge in [0, 0.05) is 56.0 Å². The number of fused-ring (bicyclic) bond motifs is 4. The van der Waals surface area contributed by atoms with Crippen LogP contribution in [0.3, 0.4) is 0 Å². The minimum Gasteiger partial charge on any atom is -0.341 e. The Hall–Kier alpha value is -2.08. The maximum absolute atomic E-state index is 13.5. The molecule has 2 atom stereocenters. The van der Waals surface area contributed by atoms with Crippen LogP contribution in [0.5, 0.6) is 0 Å². The third-order valence-electron chi connectivity index (χ3n) is 5.99. The SMILES string of the molecule is Fc1cc(F)cc(CN2[C@H]3CC[C@@H]2c2cnc(N4CCCC4)nc2C3)c1. The van der Waals surface area contributed by atoms with Crippen LogP contribution in [0.2, 0.25) is 0 Å². The maximum atomic E-state index is 13.5. The lowest BCUT2D eigenvalue weighted by Crippen LogP contribution is -2.38. The van der Waals surface area contributed by atoms with E-state index in [0.717, 1.165) is 50.1 Å². The number of anilines is 1. The fourth-order valence-electron chi connectivity index (χ4n) is 4.79. The normalized spacial score (nSPS) is 24.9. The number of rotatable bonds is 3. The Bertz CT molecular complexity index is 814. The Morgan fingerprint density at radius 2 is 1.81 bits per heavy atom. The average molecular weight is 356 g/mol. The van der Waals surface area contributed by atoms with Crippen LogP contribution in [-0.4, -0.2) is 34.0 Å². The van der Waals surface area contributed by atoms with Crippen molar-refractivity contribution in [2.45, 2.75) is 50.7 Å². The molecule has 0 spiro atoms. The van der Waals surface area contributed by atoms with Gasteiger partial charge >= 0.3 is 0 Å². The minimum atomic E-state index is -0.511. The van der Waals surface area contributed by atoms with E-state index in [-0.39, 0.29) is 6.04 Å². The molecule has 0 unspecified atom stereocenters. The molecule has 136 valence electrons. The highest BCUT2D eigenvalue weighted by atomic mass is 19.1. The number of halogens is 2. The van der Waals surface area contributed by atoms with Crippen LogP contribution < -0.4 is 4.90 Å². The monoisotopic (exact) mass is 356 g/mol. The van der Waals surface area contributed by atoms with Crippen molar-refractivity contribution < 1.29 is 8.78 Å². The first kappa shape index (κ1) is 16.1. The van der Waals surface area contributed by atoms with Crippen molar-refractivity contribution >= 4 is 5.95 Å². The Kier molecular flexibility index (Phi) is 3.89. The summed E-state index contributed by atoms with van der Waals surface area (Å²) in [7, 11) is 0. The average Bonchev–Trinajstić information content (AvgIpc) is 3.22. The lowest BCUT2D eigenvalue weighted by molar-refractivity contribution is 0.166. The summed E-state index contributed by atoms with van der Waals surface area (Å²) < 4.78 is 27.1. The van der Waals surface area contributed by atoms with Crippen molar-refractivity contribution in [2.24, 2.45) is 0 Å². The summed E-state index contributed by atoms with van der Waals surface area (Å²) in [6.07, 6.45) is 7.46. The third-order valence-corrected chi connectivity index (χ3v) is 5.99. The van der Waals surface area contributed by atoms with Gasteiger partial charge in [-0.1, -0.05) is 0 Å². The molecule has 0 N–H and O–H groups in total. The van der Waals surface area contributed by atoms with Crippen LogP contribution in [0.4, 0.5) is 14.7 Å². The van der Waals surface area contributed by atoms with E-state index in [1.165, 1.54) is 30.5 Å². The number of nitrogens with zero attached hydrogens (tertiary/aromatic N) is 4. The van der Waals surface area contributed by atoms with Crippen LogP contribution >= 0.6 is 0 Å². The van der Waals surface area contributed by atoms with Crippen LogP contribution in [0.15, 0.2) is 24.4 Å². The maximum Gasteiger partial charge on any atom is 0.225 e. The fourth-order valence-corrected chi connectivity index (χ4v) is 4.79. The second kappa shape index (κ2) is 6.27. The minimum absolute atomic E-state index is 0.253. The van der Waals surface area contributed by atoms with Crippen molar-refractivity contribution in [3.05, 3.63) is 52.9 Å². The molecule has 3 aliphatic rings. The van der Waals surface area contributed by atoms with Gasteiger partial charge in [0.25, 0.3) is 0 Å². The zero-order valence-electron chi connectivity index (χ0n) is 14.7. The van der Waals surface area contributed by atoms with Gasteiger partial charge in [-0.2, -0.15) is 0 Å². The molecule has 3 aliphatic heterocycles. The van der Waals surface area contributed by atoms with Crippen LogP contribution in [0.25, 0.3) is 0 Å². The van der Waals surface area contributed by atoms with Crippen molar-refractivity contribution in [2.75, 3.05) is 18.0 Å². The standard InChI is InChI=1S/C20H22F2N4/c21-14-7-13(8-15(22)9-14)12-26-16-3-4-19(26)17-11-23-20(24-18(17)10-16)25-5-1-2-6-25/h7-9,11,16,19H,1-6,10,12H2/t16-,19+/m0/s1. The molecule has 0 aliphatic carbocycles. The van der Waals surface area contributed by atoms with E-state index < -0.39 is 11.6 Å². The number of hydrogen-bond donors (Lipinski definition) is 0. The summed E-state index contributed by atoms with van der Waals surface area (Å²) in [6.45, 7) is 2.66. The number of aromatic nitrogens is 2. The fraction of sp³-hybridized carbons (Fsp3) is 0.500. The molecular weight excluding hydrogens is 334 g/mol. The molecule has 26 heavy (non-hydrogen) atoms. The summed E-state index contributed by atoms with van der Waals surface area (Å²) in [5.41, 5.74) is 3.05. The van der Waals surface area contributed by atoms with Crippen molar-refractivity contribution in [3.8, 4) is 0 Å². The van der Waals surface area contributed by atoms with Crippen LogP contribution in [-0.2, 0) is 13.0 Å². The van der Waals surface area contributed by atoms with E-state index >= 15 is 0 Å². The highest BCUT2D eigenvalue weighted by Crippen LogP contribution is 2.44. The molecule has 2 bridgehead atoms. The van der Waals surface area contributed by atoms with Gasteiger partial charge in [-0.15, -0.1) is 0 Å². The van der Waals surface area contributed by atoms with Gasteiger partial charge in [0.05, 0.1) is 5.69 Å². The Morgan fingerprint density at radius 1 is 1.04 bits per heavy atom. The molecule has 1 aromatic heterocycles. The highest BCUT2D eigenvalue weighted by Gasteiger charge is 2.41. The van der Waals surface area contributed by atoms with E-state index in [1.54, 1.807) is 0 Å². The second-order valence-corrected chi connectivity index (χ2v) is 7.67. The molecule has 2 aromatic rings. The van der Waals surface area contributed by atoms with Gasteiger partial charge in [0.15, 0.2) is 0 Å². The zero-order chi connectivity index (χ0) is 17.7. The van der Waals surface area contributed by atoms with Gasteiger partial charge < -0.3 is 4.90 Å². The van der Waals surface area contributed by atoms with Crippen molar-refractivity contribution in [1.29, 1.82) is 0 Å². The van der Waals surface area contributed by atoms with E-state index in [4.69, 9.17) is 4.98 Å². The third kappa shape index (κ3) is 2.76. The quantitative estimate of drug-likeness (QED) is 0.841. The van der Waals surface area contributed by atoms with Gasteiger partial charge in [0.2, 0.25) is 5.95 Å². The number of hydrogen-bond acceptors (Lipinski definition) is 4. The lowest BCUT2D eigenvalue weighted by atomic mass is 9.98. The molecule has 5 rings (SSSR count). The molecule has 4 heterocycles. The van der Waals surface area contributed by atoms with E-state index in [1.807, 2.05) is 6.20 Å².